The molecule has 0 spiro atoms. The molecule has 0 radical (unpaired) electrons. The first-order chi connectivity index (χ1) is 5.18. The minimum Gasteiger partial charge on any atom is -0.357 e. The molecule has 1 heterocycles. The van der Waals surface area contributed by atoms with Crippen LogP contribution in [0.15, 0.2) is 23.3 Å². The van der Waals surface area contributed by atoms with E-state index in [-0.39, 0.29) is 5.60 Å². The Morgan fingerprint density at radius 2 is 2.36 bits per heavy atom. The molecule has 11 heavy (non-hydrogen) atoms. The van der Waals surface area contributed by atoms with Crippen molar-refractivity contribution in [2.75, 3.05) is 5.88 Å². The maximum Gasteiger partial charge on any atom is 0.119 e. The van der Waals surface area contributed by atoms with E-state index in [1.54, 1.807) is 0 Å². The van der Waals surface area contributed by atoms with Crippen LogP contribution in [0, 0.1) is 0 Å². The van der Waals surface area contributed by atoms with Crippen LogP contribution >= 0.6 is 11.6 Å². The van der Waals surface area contributed by atoms with Gasteiger partial charge in [-0.3, -0.25) is 0 Å². The van der Waals surface area contributed by atoms with Crippen molar-refractivity contribution in [2.45, 2.75) is 25.6 Å². The lowest BCUT2D eigenvalue weighted by Gasteiger charge is -2.12. The van der Waals surface area contributed by atoms with E-state index < -0.39 is 0 Å². The van der Waals surface area contributed by atoms with Gasteiger partial charge in [0.1, 0.15) is 11.7 Å². The maximum atomic E-state index is 5.76. The van der Waals surface area contributed by atoms with Gasteiger partial charge in [-0.2, -0.15) is 0 Å². The zero-order valence-corrected chi connectivity index (χ0v) is 7.48. The first-order valence-corrected chi connectivity index (χ1v) is 4.33. The second kappa shape index (κ2) is 2.11. The number of ether oxygens (including phenoxy) is 1. The average molecular weight is 171 g/mol. The van der Waals surface area contributed by atoms with Crippen molar-refractivity contribution in [1.82, 2.24) is 0 Å². The van der Waals surface area contributed by atoms with Gasteiger partial charge in [0.2, 0.25) is 0 Å². The highest BCUT2D eigenvalue weighted by Crippen LogP contribution is 2.48. The highest BCUT2D eigenvalue weighted by molar-refractivity contribution is 6.19. The fourth-order valence-electron chi connectivity index (χ4n) is 1.64. The lowest BCUT2D eigenvalue weighted by atomic mass is 9.90. The van der Waals surface area contributed by atoms with Crippen molar-refractivity contribution >= 4 is 11.6 Å². The second-order valence-corrected chi connectivity index (χ2v) is 3.61. The third-order valence-corrected chi connectivity index (χ3v) is 2.84. The van der Waals surface area contributed by atoms with Gasteiger partial charge in [-0.15, -0.1) is 11.6 Å². The largest absolute Gasteiger partial charge is 0.357 e. The summed E-state index contributed by atoms with van der Waals surface area (Å²) in [6.07, 6.45) is 4.48. The Morgan fingerprint density at radius 1 is 1.64 bits per heavy atom. The molecular formula is C9H11ClO. The van der Waals surface area contributed by atoms with Crippen molar-refractivity contribution in [1.29, 1.82) is 0 Å². The maximum absolute atomic E-state index is 5.76. The van der Waals surface area contributed by atoms with Gasteiger partial charge in [-0.05, 0) is 25.0 Å². The van der Waals surface area contributed by atoms with E-state index >= 15 is 0 Å². The van der Waals surface area contributed by atoms with Crippen LogP contribution in [0.3, 0.4) is 0 Å². The number of allylic oxidation sites excluding steroid dienone is 2. The summed E-state index contributed by atoms with van der Waals surface area (Å²) < 4.78 is 5.56. The minimum absolute atomic E-state index is 0.0550. The van der Waals surface area contributed by atoms with Crippen molar-refractivity contribution in [3.63, 3.8) is 0 Å². The van der Waals surface area contributed by atoms with Gasteiger partial charge >= 0.3 is 0 Å². The van der Waals surface area contributed by atoms with Crippen molar-refractivity contribution in [3.05, 3.63) is 23.3 Å². The molecule has 2 heteroatoms. The van der Waals surface area contributed by atoms with Crippen LogP contribution in [0.1, 0.15) is 13.8 Å². The number of fused-ring (bicyclic) bond motifs is 1. The number of hydrogen-bond acceptors (Lipinski definition) is 1. The molecule has 1 saturated heterocycles. The molecule has 1 aliphatic heterocycles. The summed E-state index contributed by atoms with van der Waals surface area (Å²) in [5.41, 5.74) is 2.46. The number of epoxide rings is 1. The standard InChI is InChI=1S/C9H11ClO/c1-6-3-4-7(5-10)9(2)8(6)11-9/h3-4,8H,5H2,1-2H3. The SMILES string of the molecule is CC1=CC=C(CCl)C2(C)OC12. The highest BCUT2D eigenvalue weighted by atomic mass is 35.5. The molecule has 0 aromatic carbocycles. The molecule has 60 valence electrons. The molecule has 0 bridgehead atoms. The Kier molecular flexibility index (Phi) is 1.42. The third-order valence-electron chi connectivity index (χ3n) is 2.55. The van der Waals surface area contributed by atoms with Gasteiger partial charge < -0.3 is 4.74 Å². The molecule has 1 nitrogen and oxygen atoms in total. The molecule has 2 aliphatic rings. The number of rotatable bonds is 1. The molecule has 1 aliphatic carbocycles. The van der Waals surface area contributed by atoms with Gasteiger partial charge in [0, 0.05) is 5.88 Å². The highest BCUT2D eigenvalue weighted by Gasteiger charge is 2.56. The van der Waals surface area contributed by atoms with Crippen molar-refractivity contribution in [2.24, 2.45) is 0 Å². The fourth-order valence-corrected chi connectivity index (χ4v) is 2.00. The van der Waals surface area contributed by atoms with Crippen LogP contribution in [0.2, 0.25) is 0 Å². The van der Waals surface area contributed by atoms with Gasteiger partial charge in [0.05, 0.1) is 0 Å². The Labute approximate surface area is 71.7 Å². The molecule has 2 atom stereocenters. The summed E-state index contributed by atoms with van der Waals surface area (Å²) in [6.45, 7) is 4.19. The Morgan fingerprint density at radius 3 is 3.00 bits per heavy atom. The summed E-state index contributed by atoms with van der Waals surface area (Å²) in [4.78, 5) is 0. The predicted octanol–water partition coefficient (Wildman–Crippen LogP) is 2.27. The van der Waals surface area contributed by atoms with E-state index in [1.807, 2.05) is 0 Å². The Bertz CT molecular complexity index is 254. The topological polar surface area (TPSA) is 12.5 Å². The van der Waals surface area contributed by atoms with Crippen molar-refractivity contribution in [3.8, 4) is 0 Å². The van der Waals surface area contributed by atoms with E-state index in [0.717, 1.165) is 0 Å². The van der Waals surface area contributed by atoms with E-state index in [1.165, 1.54) is 11.1 Å². The first kappa shape index (κ1) is 7.38. The molecular weight excluding hydrogens is 160 g/mol. The molecule has 2 rings (SSSR count). The predicted molar refractivity (Wildman–Crippen MR) is 45.8 cm³/mol. The van der Waals surface area contributed by atoms with Gasteiger partial charge in [0.15, 0.2) is 0 Å². The second-order valence-electron chi connectivity index (χ2n) is 3.34. The Balaban J connectivity index is 2.34. The fraction of sp³-hybridized carbons (Fsp3) is 0.556. The number of alkyl halides is 1. The van der Waals surface area contributed by atoms with Crippen molar-refractivity contribution < 1.29 is 4.74 Å². The molecule has 1 fully saturated rings. The average Bonchev–Trinajstić information content (AvgIpc) is 2.64. The number of hydrogen-bond donors (Lipinski definition) is 0. The van der Waals surface area contributed by atoms with Gasteiger partial charge in [0.25, 0.3) is 0 Å². The van der Waals surface area contributed by atoms with Crippen LogP contribution in [-0.4, -0.2) is 17.6 Å². The quantitative estimate of drug-likeness (QED) is 0.435. The lowest BCUT2D eigenvalue weighted by Crippen LogP contribution is -2.17. The summed E-state index contributed by atoms with van der Waals surface area (Å²) in [5, 5.41) is 0. The van der Waals surface area contributed by atoms with Crippen LogP contribution in [-0.2, 0) is 4.74 Å². The monoisotopic (exact) mass is 170 g/mol. The van der Waals surface area contributed by atoms with Crippen LogP contribution in [0.25, 0.3) is 0 Å². The molecule has 0 N–H and O–H groups in total. The van der Waals surface area contributed by atoms with Crippen LogP contribution < -0.4 is 0 Å². The molecule has 0 amide bonds. The minimum atomic E-state index is -0.0550. The Hall–Kier alpha value is -0.270. The summed E-state index contributed by atoms with van der Waals surface area (Å²) in [6, 6.07) is 0. The summed E-state index contributed by atoms with van der Waals surface area (Å²) >= 11 is 5.76. The zero-order chi connectivity index (χ0) is 8.06. The smallest absolute Gasteiger partial charge is 0.119 e. The van der Waals surface area contributed by atoms with E-state index in [9.17, 15) is 0 Å². The molecule has 0 aromatic heterocycles. The number of halogens is 1. The lowest BCUT2D eigenvalue weighted by molar-refractivity contribution is 0.345. The normalized spacial score (nSPS) is 40.8. The van der Waals surface area contributed by atoms with Gasteiger partial charge in [-0.1, -0.05) is 12.2 Å². The van der Waals surface area contributed by atoms with Crippen LogP contribution in [0.4, 0.5) is 0 Å². The summed E-state index contributed by atoms with van der Waals surface area (Å²) in [5.74, 6) is 0.580. The molecule has 2 unspecified atom stereocenters. The van der Waals surface area contributed by atoms with E-state index in [0.29, 0.717) is 12.0 Å². The van der Waals surface area contributed by atoms with E-state index in [4.69, 9.17) is 16.3 Å². The summed E-state index contributed by atoms with van der Waals surface area (Å²) in [7, 11) is 0. The van der Waals surface area contributed by atoms with Crippen LogP contribution in [0.5, 0.6) is 0 Å². The first-order valence-electron chi connectivity index (χ1n) is 3.80. The third kappa shape index (κ3) is 0.878. The molecule has 0 aromatic rings. The zero-order valence-electron chi connectivity index (χ0n) is 6.73. The van der Waals surface area contributed by atoms with E-state index in [2.05, 4.69) is 26.0 Å². The molecule has 0 saturated carbocycles. The van der Waals surface area contributed by atoms with Gasteiger partial charge in [-0.25, -0.2) is 0 Å².